The van der Waals surface area contributed by atoms with E-state index in [9.17, 15) is 4.79 Å². The number of aromatic nitrogens is 1. The van der Waals surface area contributed by atoms with Gasteiger partial charge >= 0.3 is 0 Å². The zero-order valence-corrected chi connectivity index (χ0v) is 16.1. The number of piperidine rings is 1. The predicted molar refractivity (Wildman–Crippen MR) is 107 cm³/mol. The third kappa shape index (κ3) is 3.34. The van der Waals surface area contributed by atoms with Crippen LogP contribution in [0.3, 0.4) is 0 Å². The van der Waals surface area contributed by atoms with Gasteiger partial charge in [-0.15, -0.1) is 11.3 Å². The number of rotatable bonds is 3. The average Bonchev–Trinajstić information content (AvgIpc) is 3.34. The number of hydrogen-bond acceptors (Lipinski definition) is 5. The van der Waals surface area contributed by atoms with E-state index in [2.05, 4.69) is 21.3 Å². The molecule has 1 amide bonds. The van der Waals surface area contributed by atoms with E-state index in [1.165, 1.54) is 10.4 Å². The smallest absolute Gasteiger partial charge is 0.298 e. The molecule has 2 aromatic heterocycles. The second-order valence-corrected chi connectivity index (χ2v) is 8.53. The average molecular weight is 382 g/mol. The van der Waals surface area contributed by atoms with E-state index in [4.69, 9.17) is 4.42 Å². The number of nitrogens with zero attached hydrogens (tertiary/aromatic N) is 3. The van der Waals surface area contributed by atoms with E-state index >= 15 is 0 Å². The summed E-state index contributed by atoms with van der Waals surface area (Å²) in [5.74, 6) is 0.772. The molecule has 27 heavy (non-hydrogen) atoms. The maximum Gasteiger partial charge on any atom is 0.298 e. The maximum absolute atomic E-state index is 12.8. The zero-order chi connectivity index (χ0) is 18.2. The molecular formula is C21H23N3O2S. The van der Waals surface area contributed by atoms with Crippen LogP contribution in [0.4, 0.5) is 6.01 Å². The number of carbonyl (C=O) groups excluding carboxylic acids is 1. The molecule has 0 radical (unpaired) electrons. The van der Waals surface area contributed by atoms with Crippen LogP contribution in [0.25, 0.3) is 11.1 Å². The summed E-state index contributed by atoms with van der Waals surface area (Å²) in [4.78, 5) is 23.1. The fourth-order valence-electron chi connectivity index (χ4n) is 4.16. The summed E-state index contributed by atoms with van der Waals surface area (Å²) in [5.41, 5.74) is 3.08. The van der Waals surface area contributed by atoms with Crippen molar-refractivity contribution in [3.8, 4) is 0 Å². The van der Waals surface area contributed by atoms with Crippen LogP contribution >= 0.6 is 11.3 Å². The summed E-state index contributed by atoms with van der Waals surface area (Å²) in [5, 5.41) is 2.14. The van der Waals surface area contributed by atoms with Crippen LogP contribution in [0.15, 0.2) is 40.1 Å². The molecule has 2 aliphatic rings. The van der Waals surface area contributed by atoms with Crippen LogP contribution in [-0.4, -0.2) is 35.4 Å². The van der Waals surface area contributed by atoms with Crippen molar-refractivity contribution in [2.24, 2.45) is 5.92 Å². The molecule has 2 aliphatic heterocycles. The molecule has 1 fully saturated rings. The Labute approximate surface area is 162 Å². The molecule has 5 rings (SSSR count). The van der Waals surface area contributed by atoms with Gasteiger partial charge in [0.15, 0.2) is 5.58 Å². The quantitative estimate of drug-likeness (QED) is 0.686. The summed E-state index contributed by atoms with van der Waals surface area (Å²) in [6.45, 7) is 3.46. The second-order valence-electron chi connectivity index (χ2n) is 7.53. The van der Waals surface area contributed by atoms with Crippen LogP contribution in [0.5, 0.6) is 0 Å². The van der Waals surface area contributed by atoms with E-state index in [0.29, 0.717) is 24.3 Å². The van der Waals surface area contributed by atoms with Gasteiger partial charge in [0.25, 0.3) is 6.01 Å². The molecule has 4 heterocycles. The molecule has 140 valence electrons. The molecule has 0 unspecified atom stereocenters. The highest BCUT2D eigenvalue weighted by atomic mass is 32.1. The van der Waals surface area contributed by atoms with Gasteiger partial charge in [-0.25, -0.2) is 0 Å². The Kier molecular flexibility index (Phi) is 4.36. The second kappa shape index (κ2) is 7.00. The lowest BCUT2D eigenvalue weighted by Crippen LogP contribution is -2.39. The Balaban J connectivity index is 1.17. The number of carbonyl (C=O) groups is 1. The normalized spacial score (nSPS) is 18.1. The summed E-state index contributed by atoms with van der Waals surface area (Å²) < 4.78 is 5.89. The maximum atomic E-state index is 12.8. The standard InChI is InChI=1S/C21H23N3O2S/c25-20(24-11-7-19-16(14-24)8-12-27-19)13-15-5-9-23(10-6-15)21-22-17-3-1-2-4-18(17)26-21/h1-4,8,12,15H,5-7,9-11,13-14H2. The largest absolute Gasteiger partial charge is 0.423 e. The molecule has 0 saturated carbocycles. The van der Waals surface area contributed by atoms with Crippen LogP contribution in [-0.2, 0) is 17.8 Å². The summed E-state index contributed by atoms with van der Waals surface area (Å²) in [7, 11) is 0. The minimum absolute atomic E-state index is 0.312. The van der Waals surface area contributed by atoms with Gasteiger partial charge in [-0.2, -0.15) is 4.98 Å². The topological polar surface area (TPSA) is 49.6 Å². The van der Waals surface area contributed by atoms with Crippen molar-refractivity contribution in [2.75, 3.05) is 24.5 Å². The van der Waals surface area contributed by atoms with Crippen molar-refractivity contribution < 1.29 is 9.21 Å². The monoisotopic (exact) mass is 381 g/mol. The number of benzene rings is 1. The molecule has 3 aromatic rings. The van der Waals surface area contributed by atoms with Crippen LogP contribution < -0.4 is 4.90 Å². The Bertz CT molecular complexity index is 922. The van der Waals surface area contributed by atoms with Crippen molar-refractivity contribution >= 4 is 34.4 Å². The number of anilines is 1. The number of para-hydroxylation sites is 2. The fourth-order valence-corrected chi connectivity index (χ4v) is 5.05. The van der Waals surface area contributed by atoms with Gasteiger partial charge in [0.1, 0.15) is 5.52 Å². The van der Waals surface area contributed by atoms with Gasteiger partial charge in [0, 0.05) is 37.5 Å². The van der Waals surface area contributed by atoms with Gasteiger partial charge < -0.3 is 14.2 Å². The number of thiophene rings is 1. The molecule has 0 N–H and O–H groups in total. The van der Waals surface area contributed by atoms with E-state index < -0.39 is 0 Å². The first kappa shape index (κ1) is 16.8. The molecule has 6 heteroatoms. The summed E-state index contributed by atoms with van der Waals surface area (Å²) in [6, 6.07) is 10.8. The van der Waals surface area contributed by atoms with Crippen molar-refractivity contribution in [2.45, 2.75) is 32.2 Å². The predicted octanol–water partition coefficient (Wildman–Crippen LogP) is 4.08. The molecule has 0 bridgehead atoms. The van der Waals surface area contributed by atoms with Crippen LogP contribution in [0, 0.1) is 5.92 Å². The fraction of sp³-hybridized carbons (Fsp3) is 0.429. The SMILES string of the molecule is O=C(CC1CCN(c2nc3ccccc3o2)CC1)N1CCc2sccc2C1. The van der Waals surface area contributed by atoms with Crippen molar-refractivity contribution in [3.05, 3.63) is 46.2 Å². The van der Waals surface area contributed by atoms with Gasteiger partial charge in [-0.1, -0.05) is 12.1 Å². The van der Waals surface area contributed by atoms with Crippen LogP contribution in [0.2, 0.25) is 0 Å². The van der Waals surface area contributed by atoms with Gasteiger partial charge in [-0.3, -0.25) is 4.79 Å². The van der Waals surface area contributed by atoms with Crippen molar-refractivity contribution in [3.63, 3.8) is 0 Å². The third-order valence-electron chi connectivity index (χ3n) is 5.79. The van der Waals surface area contributed by atoms with E-state index in [1.54, 1.807) is 0 Å². The number of fused-ring (bicyclic) bond motifs is 2. The van der Waals surface area contributed by atoms with Crippen LogP contribution in [0.1, 0.15) is 29.7 Å². The minimum Gasteiger partial charge on any atom is -0.423 e. The molecule has 0 aliphatic carbocycles. The Morgan fingerprint density at radius 2 is 2.04 bits per heavy atom. The lowest BCUT2D eigenvalue weighted by atomic mass is 9.93. The lowest BCUT2D eigenvalue weighted by Gasteiger charge is -2.33. The highest BCUT2D eigenvalue weighted by Crippen LogP contribution is 2.29. The Hall–Kier alpha value is -2.34. The summed E-state index contributed by atoms with van der Waals surface area (Å²) >= 11 is 1.82. The Morgan fingerprint density at radius 3 is 2.89 bits per heavy atom. The highest BCUT2D eigenvalue weighted by Gasteiger charge is 2.27. The Morgan fingerprint density at radius 1 is 1.19 bits per heavy atom. The van der Waals surface area contributed by atoms with Crippen molar-refractivity contribution in [1.29, 1.82) is 0 Å². The minimum atomic E-state index is 0.312. The molecule has 1 aromatic carbocycles. The highest BCUT2D eigenvalue weighted by molar-refractivity contribution is 7.10. The number of hydrogen-bond donors (Lipinski definition) is 0. The lowest BCUT2D eigenvalue weighted by molar-refractivity contribution is -0.133. The number of amides is 1. The van der Waals surface area contributed by atoms with Gasteiger partial charge in [-0.05, 0) is 54.3 Å². The molecule has 5 nitrogen and oxygen atoms in total. The van der Waals surface area contributed by atoms with Gasteiger partial charge in [0.2, 0.25) is 5.91 Å². The van der Waals surface area contributed by atoms with Gasteiger partial charge in [0.05, 0.1) is 0 Å². The first-order valence-electron chi connectivity index (χ1n) is 9.70. The molecule has 0 spiro atoms. The first-order chi connectivity index (χ1) is 13.3. The molecular weight excluding hydrogens is 358 g/mol. The molecule has 0 atom stereocenters. The van der Waals surface area contributed by atoms with E-state index in [0.717, 1.165) is 56.5 Å². The third-order valence-corrected chi connectivity index (χ3v) is 6.81. The number of oxazole rings is 1. The van der Waals surface area contributed by atoms with Crippen molar-refractivity contribution in [1.82, 2.24) is 9.88 Å². The van der Waals surface area contributed by atoms with E-state index in [-0.39, 0.29) is 0 Å². The first-order valence-corrected chi connectivity index (χ1v) is 10.6. The summed E-state index contributed by atoms with van der Waals surface area (Å²) in [6.07, 6.45) is 3.71. The van der Waals surface area contributed by atoms with E-state index in [1.807, 2.05) is 40.5 Å². The molecule has 1 saturated heterocycles. The zero-order valence-electron chi connectivity index (χ0n) is 15.3.